The van der Waals surface area contributed by atoms with Gasteiger partial charge >= 0.3 is 0 Å². The Morgan fingerprint density at radius 1 is 1.28 bits per heavy atom. The number of nitrogens with two attached hydrogens (primary N) is 1. The second-order valence-electron chi connectivity index (χ2n) is 6.91. The fourth-order valence-corrected chi connectivity index (χ4v) is 3.87. The van der Waals surface area contributed by atoms with Gasteiger partial charge in [0.1, 0.15) is 6.33 Å². The zero-order chi connectivity index (χ0) is 16.8. The van der Waals surface area contributed by atoms with Gasteiger partial charge in [0.25, 0.3) is 0 Å². The lowest BCUT2D eigenvalue weighted by Gasteiger charge is -2.13. The number of pyridine rings is 1. The van der Waals surface area contributed by atoms with Crippen LogP contribution in [0, 0.1) is 0 Å². The van der Waals surface area contributed by atoms with Crippen molar-refractivity contribution < 1.29 is 4.74 Å². The average molecular weight is 339 g/mol. The summed E-state index contributed by atoms with van der Waals surface area (Å²) in [4.78, 5) is 4.38. The van der Waals surface area contributed by atoms with Gasteiger partial charge in [0.05, 0.1) is 31.1 Å². The number of nitrogens with zero attached hydrogens (tertiary/aromatic N) is 5. The van der Waals surface area contributed by atoms with Crippen LogP contribution in [-0.4, -0.2) is 37.0 Å². The van der Waals surface area contributed by atoms with E-state index in [2.05, 4.69) is 32.8 Å². The Morgan fingerprint density at radius 3 is 3.08 bits per heavy atom. The Labute approximate surface area is 145 Å². The largest absolute Gasteiger partial charge is 0.373 e. The van der Waals surface area contributed by atoms with Gasteiger partial charge in [0.2, 0.25) is 0 Å². The molecular formula is C17H21N7O. The summed E-state index contributed by atoms with van der Waals surface area (Å²) in [6.45, 7) is 2.10. The van der Waals surface area contributed by atoms with E-state index in [-0.39, 0.29) is 0 Å². The first-order valence-electron chi connectivity index (χ1n) is 8.76. The topological polar surface area (TPSA) is 95.3 Å². The molecule has 0 saturated heterocycles. The summed E-state index contributed by atoms with van der Waals surface area (Å²) < 4.78 is 9.31. The molecule has 0 radical (unpaired) electrons. The first-order valence-corrected chi connectivity index (χ1v) is 8.76. The minimum Gasteiger partial charge on any atom is -0.373 e. The van der Waals surface area contributed by atoms with Crippen LogP contribution in [0.15, 0.2) is 24.7 Å². The molecular weight excluding hydrogens is 318 g/mol. The van der Waals surface area contributed by atoms with Crippen LogP contribution >= 0.6 is 0 Å². The molecule has 3 N–H and O–H groups in total. The zero-order valence-electron chi connectivity index (χ0n) is 13.9. The van der Waals surface area contributed by atoms with Gasteiger partial charge in [-0.2, -0.15) is 10.2 Å². The number of ether oxygens (including phenoxy) is 1. The van der Waals surface area contributed by atoms with Crippen molar-refractivity contribution in [2.75, 3.05) is 11.9 Å². The molecule has 1 saturated carbocycles. The lowest BCUT2D eigenvalue weighted by Crippen LogP contribution is -2.16. The quantitative estimate of drug-likeness (QED) is 0.755. The number of rotatable bonds is 3. The van der Waals surface area contributed by atoms with Gasteiger partial charge in [0.15, 0.2) is 11.5 Å². The molecule has 4 heterocycles. The molecule has 0 bridgehead atoms. The summed E-state index contributed by atoms with van der Waals surface area (Å²) in [5.74, 6) is 1.29. The fraction of sp³-hybridized carbons (Fsp3) is 0.471. The highest BCUT2D eigenvalue weighted by Crippen LogP contribution is 2.35. The van der Waals surface area contributed by atoms with E-state index in [9.17, 15) is 0 Å². The van der Waals surface area contributed by atoms with E-state index in [1.807, 2.05) is 15.3 Å². The van der Waals surface area contributed by atoms with Gasteiger partial charge in [0, 0.05) is 18.3 Å². The van der Waals surface area contributed by atoms with Crippen LogP contribution in [0.3, 0.4) is 0 Å². The highest BCUT2D eigenvalue weighted by molar-refractivity contribution is 5.73. The predicted octanol–water partition coefficient (Wildman–Crippen LogP) is 1.79. The number of hydrogen-bond acceptors (Lipinski definition) is 6. The van der Waals surface area contributed by atoms with Crippen LogP contribution in [-0.2, 0) is 17.9 Å². The molecule has 1 fully saturated rings. The SMILES string of the molecule is NC1CCC(c2cc(Nc3cc4n(n3)CCOC4)c3ncnn3c2)C1. The lowest BCUT2D eigenvalue weighted by atomic mass is 9.99. The van der Waals surface area contributed by atoms with Gasteiger partial charge < -0.3 is 15.8 Å². The number of nitrogens with one attached hydrogen (secondary N) is 1. The Kier molecular flexibility index (Phi) is 3.46. The molecule has 8 heteroatoms. The summed E-state index contributed by atoms with van der Waals surface area (Å²) in [6, 6.07) is 4.50. The zero-order valence-corrected chi connectivity index (χ0v) is 13.9. The normalized spacial score (nSPS) is 23.1. The molecule has 2 aliphatic rings. The summed E-state index contributed by atoms with van der Waals surface area (Å²) in [7, 11) is 0. The number of hydrogen-bond donors (Lipinski definition) is 2. The van der Waals surface area contributed by atoms with E-state index in [1.54, 1.807) is 6.33 Å². The number of anilines is 2. The van der Waals surface area contributed by atoms with Crippen molar-refractivity contribution in [3.8, 4) is 0 Å². The molecule has 0 amide bonds. The summed E-state index contributed by atoms with van der Waals surface area (Å²) in [5.41, 5.74) is 10.2. The molecule has 25 heavy (non-hydrogen) atoms. The van der Waals surface area contributed by atoms with Crippen molar-refractivity contribution in [1.29, 1.82) is 0 Å². The van der Waals surface area contributed by atoms with E-state index in [0.717, 1.165) is 48.7 Å². The first kappa shape index (κ1) is 14.9. The van der Waals surface area contributed by atoms with Gasteiger partial charge in [-0.3, -0.25) is 4.68 Å². The maximum atomic E-state index is 6.10. The van der Waals surface area contributed by atoms with Crippen LogP contribution in [0.5, 0.6) is 0 Å². The second-order valence-corrected chi connectivity index (χ2v) is 6.91. The number of aromatic nitrogens is 5. The molecule has 3 aromatic rings. The van der Waals surface area contributed by atoms with Crippen molar-refractivity contribution in [3.05, 3.63) is 35.9 Å². The third kappa shape index (κ3) is 2.67. The van der Waals surface area contributed by atoms with Crippen molar-refractivity contribution in [2.24, 2.45) is 5.73 Å². The van der Waals surface area contributed by atoms with Crippen LogP contribution in [0.25, 0.3) is 5.65 Å². The third-order valence-electron chi connectivity index (χ3n) is 5.16. The second kappa shape index (κ2) is 5.82. The van der Waals surface area contributed by atoms with Crippen LogP contribution in [0.1, 0.15) is 36.4 Å². The molecule has 8 nitrogen and oxygen atoms in total. The smallest absolute Gasteiger partial charge is 0.178 e. The highest BCUT2D eigenvalue weighted by atomic mass is 16.5. The molecule has 2 atom stereocenters. The molecule has 5 rings (SSSR count). The van der Waals surface area contributed by atoms with Crippen molar-refractivity contribution in [1.82, 2.24) is 24.4 Å². The molecule has 1 aliphatic carbocycles. The molecule has 130 valence electrons. The number of fused-ring (bicyclic) bond motifs is 2. The maximum absolute atomic E-state index is 6.10. The van der Waals surface area contributed by atoms with E-state index in [4.69, 9.17) is 10.5 Å². The molecule has 2 unspecified atom stereocenters. The Balaban J connectivity index is 1.51. The van der Waals surface area contributed by atoms with Gasteiger partial charge in [-0.1, -0.05) is 0 Å². The third-order valence-corrected chi connectivity index (χ3v) is 5.16. The van der Waals surface area contributed by atoms with E-state index in [0.29, 0.717) is 25.2 Å². The van der Waals surface area contributed by atoms with Crippen molar-refractivity contribution >= 4 is 17.2 Å². The molecule has 3 aromatic heterocycles. The summed E-state index contributed by atoms with van der Waals surface area (Å²) in [5, 5.41) is 12.4. The average Bonchev–Trinajstić information content (AvgIpc) is 3.32. The summed E-state index contributed by atoms with van der Waals surface area (Å²) in [6.07, 6.45) is 6.88. The Hall–Kier alpha value is -2.45. The standard InChI is InChI=1S/C17H21N7O/c18-13-2-1-11(5-13)12-6-15(17-19-10-20-24(17)8-12)21-16-7-14-9-25-4-3-23(14)22-16/h6-8,10-11,13H,1-5,9,18H2,(H,21,22). The van der Waals surface area contributed by atoms with Crippen LogP contribution in [0.2, 0.25) is 0 Å². The van der Waals surface area contributed by atoms with Crippen LogP contribution < -0.4 is 11.1 Å². The van der Waals surface area contributed by atoms with E-state index in [1.165, 1.54) is 5.56 Å². The Morgan fingerprint density at radius 2 is 2.24 bits per heavy atom. The van der Waals surface area contributed by atoms with E-state index < -0.39 is 0 Å². The predicted molar refractivity (Wildman–Crippen MR) is 92.7 cm³/mol. The highest BCUT2D eigenvalue weighted by Gasteiger charge is 2.24. The maximum Gasteiger partial charge on any atom is 0.178 e. The Bertz CT molecular complexity index is 892. The molecule has 0 aromatic carbocycles. The van der Waals surface area contributed by atoms with Crippen molar-refractivity contribution in [2.45, 2.75) is 44.4 Å². The van der Waals surface area contributed by atoms with Crippen LogP contribution in [0.4, 0.5) is 11.5 Å². The molecule has 0 spiro atoms. The van der Waals surface area contributed by atoms with Crippen molar-refractivity contribution in [3.63, 3.8) is 0 Å². The first-order chi connectivity index (χ1) is 12.3. The van der Waals surface area contributed by atoms with E-state index >= 15 is 0 Å². The minimum atomic E-state index is 0.299. The summed E-state index contributed by atoms with van der Waals surface area (Å²) >= 11 is 0. The fourth-order valence-electron chi connectivity index (χ4n) is 3.87. The minimum absolute atomic E-state index is 0.299. The lowest BCUT2D eigenvalue weighted by molar-refractivity contribution is 0.0801. The van der Waals surface area contributed by atoms with Gasteiger partial charge in [-0.05, 0) is 36.8 Å². The monoisotopic (exact) mass is 339 g/mol. The molecule has 1 aliphatic heterocycles. The van der Waals surface area contributed by atoms with Gasteiger partial charge in [-0.25, -0.2) is 9.50 Å². The van der Waals surface area contributed by atoms with Gasteiger partial charge in [-0.15, -0.1) is 0 Å².